The number of carbonyl (C=O) groups excluding carboxylic acids is 1. The minimum atomic E-state index is 0.0850. The summed E-state index contributed by atoms with van der Waals surface area (Å²) < 4.78 is 0. The van der Waals surface area contributed by atoms with Gasteiger partial charge >= 0.3 is 0 Å². The first kappa shape index (κ1) is 13.4. The van der Waals surface area contributed by atoms with E-state index in [9.17, 15) is 4.79 Å². The van der Waals surface area contributed by atoms with Gasteiger partial charge in [0.05, 0.1) is 5.92 Å². The van der Waals surface area contributed by atoms with Gasteiger partial charge in [0.15, 0.2) is 0 Å². The van der Waals surface area contributed by atoms with E-state index >= 15 is 0 Å². The predicted molar refractivity (Wildman–Crippen MR) is 80.0 cm³/mol. The maximum Gasteiger partial charge on any atom is 0.227 e. The van der Waals surface area contributed by atoms with Crippen LogP contribution >= 0.6 is 22.9 Å². The normalized spacial score (nSPS) is 23.7. The monoisotopic (exact) mass is 297 g/mol. The van der Waals surface area contributed by atoms with Crippen LogP contribution in [0.5, 0.6) is 0 Å². The molecule has 3 rings (SSSR count). The molecule has 2 nitrogen and oxygen atoms in total. The van der Waals surface area contributed by atoms with E-state index in [1.165, 1.54) is 23.3 Å². The standard InChI is InChI=1S/C15H20ClNOS/c16-8-7-15(5-6-15)10-17-14(18)12-2-1-3-13-11(12)4-9-19-13/h4,9,12H,1-3,5-8,10H2,(H,17,18). The second kappa shape index (κ2) is 5.45. The van der Waals surface area contributed by atoms with Crippen molar-refractivity contribution in [2.75, 3.05) is 12.4 Å². The molecule has 1 fully saturated rings. The van der Waals surface area contributed by atoms with Gasteiger partial charge in [0.1, 0.15) is 0 Å². The number of aryl methyl sites for hydroxylation is 1. The van der Waals surface area contributed by atoms with Crippen LogP contribution in [0.25, 0.3) is 0 Å². The molecule has 0 radical (unpaired) electrons. The minimum absolute atomic E-state index is 0.0850. The van der Waals surface area contributed by atoms with Gasteiger partial charge in [-0.05, 0) is 60.9 Å². The van der Waals surface area contributed by atoms with Crippen molar-refractivity contribution in [3.63, 3.8) is 0 Å². The molecule has 1 amide bonds. The minimum Gasteiger partial charge on any atom is -0.355 e. The van der Waals surface area contributed by atoms with Crippen molar-refractivity contribution in [2.24, 2.45) is 5.41 Å². The molecule has 1 N–H and O–H groups in total. The van der Waals surface area contributed by atoms with Crippen LogP contribution in [0.2, 0.25) is 0 Å². The number of hydrogen-bond donors (Lipinski definition) is 1. The van der Waals surface area contributed by atoms with E-state index in [1.807, 2.05) is 0 Å². The zero-order chi connectivity index (χ0) is 13.3. The summed E-state index contributed by atoms with van der Waals surface area (Å²) in [5.74, 6) is 1.01. The molecular formula is C15H20ClNOS. The fourth-order valence-electron chi connectivity index (χ4n) is 3.05. The van der Waals surface area contributed by atoms with Crippen molar-refractivity contribution >= 4 is 28.8 Å². The molecule has 104 valence electrons. The van der Waals surface area contributed by atoms with Gasteiger partial charge in [-0.3, -0.25) is 4.79 Å². The summed E-state index contributed by atoms with van der Waals surface area (Å²) >= 11 is 7.62. The number of amides is 1. The molecule has 0 bridgehead atoms. The predicted octanol–water partition coefficient (Wildman–Crippen LogP) is 3.69. The molecule has 0 spiro atoms. The number of nitrogens with one attached hydrogen (secondary N) is 1. The van der Waals surface area contributed by atoms with E-state index < -0.39 is 0 Å². The van der Waals surface area contributed by atoms with Crippen molar-refractivity contribution in [3.05, 3.63) is 21.9 Å². The molecule has 1 aromatic rings. The van der Waals surface area contributed by atoms with Gasteiger partial charge in [-0.15, -0.1) is 22.9 Å². The molecular weight excluding hydrogens is 278 g/mol. The van der Waals surface area contributed by atoms with E-state index in [-0.39, 0.29) is 11.8 Å². The van der Waals surface area contributed by atoms with Gasteiger partial charge in [0.2, 0.25) is 5.91 Å². The fraction of sp³-hybridized carbons (Fsp3) is 0.667. The second-order valence-electron chi connectivity index (χ2n) is 5.90. The maximum absolute atomic E-state index is 12.4. The number of carbonyl (C=O) groups is 1. The zero-order valence-corrected chi connectivity index (χ0v) is 12.7. The Morgan fingerprint density at radius 3 is 3.11 bits per heavy atom. The summed E-state index contributed by atoms with van der Waals surface area (Å²) in [6.45, 7) is 0.814. The molecule has 1 heterocycles. The van der Waals surface area contributed by atoms with E-state index in [4.69, 9.17) is 11.6 Å². The first-order valence-electron chi connectivity index (χ1n) is 7.14. The van der Waals surface area contributed by atoms with Gasteiger partial charge in [0.25, 0.3) is 0 Å². The molecule has 1 saturated carbocycles. The molecule has 1 unspecified atom stereocenters. The molecule has 0 aliphatic heterocycles. The Hall–Kier alpha value is -0.540. The summed E-state index contributed by atoms with van der Waals surface area (Å²) in [6, 6.07) is 2.13. The average Bonchev–Trinajstić information content (AvgIpc) is 3.01. The number of alkyl halides is 1. The van der Waals surface area contributed by atoms with Crippen LogP contribution in [0.3, 0.4) is 0 Å². The lowest BCUT2D eigenvalue weighted by Crippen LogP contribution is -2.35. The van der Waals surface area contributed by atoms with Crippen LogP contribution in [0, 0.1) is 5.41 Å². The Labute approximate surface area is 123 Å². The van der Waals surface area contributed by atoms with E-state index in [1.54, 1.807) is 11.3 Å². The highest BCUT2D eigenvalue weighted by Gasteiger charge is 2.42. The Bertz CT molecular complexity index is 466. The summed E-state index contributed by atoms with van der Waals surface area (Å²) in [5, 5.41) is 5.29. The number of hydrogen-bond acceptors (Lipinski definition) is 2. The third-order valence-corrected chi connectivity index (χ3v) is 5.77. The fourth-order valence-corrected chi connectivity index (χ4v) is 4.44. The summed E-state index contributed by atoms with van der Waals surface area (Å²) in [5.41, 5.74) is 1.60. The third-order valence-electron chi connectivity index (χ3n) is 4.59. The molecule has 0 saturated heterocycles. The average molecular weight is 298 g/mol. The Balaban J connectivity index is 1.60. The van der Waals surface area contributed by atoms with Crippen molar-refractivity contribution < 1.29 is 4.79 Å². The van der Waals surface area contributed by atoms with Crippen LogP contribution in [0.1, 0.15) is 48.5 Å². The van der Waals surface area contributed by atoms with E-state index in [0.717, 1.165) is 32.2 Å². The topological polar surface area (TPSA) is 29.1 Å². The largest absolute Gasteiger partial charge is 0.355 e. The van der Waals surface area contributed by atoms with Crippen LogP contribution in [-0.4, -0.2) is 18.3 Å². The summed E-state index contributed by atoms with van der Waals surface area (Å²) in [6.07, 6.45) is 6.75. The first-order valence-corrected chi connectivity index (χ1v) is 8.55. The van der Waals surface area contributed by atoms with Gasteiger partial charge < -0.3 is 5.32 Å². The Morgan fingerprint density at radius 1 is 1.53 bits per heavy atom. The van der Waals surface area contributed by atoms with E-state index in [0.29, 0.717) is 11.3 Å². The van der Waals surface area contributed by atoms with Gasteiger partial charge in [0, 0.05) is 17.3 Å². The SMILES string of the molecule is O=C(NCC1(CCCl)CC1)C1CCCc2sccc21. The lowest BCUT2D eigenvalue weighted by molar-refractivity contribution is -0.123. The van der Waals surface area contributed by atoms with Crippen molar-refractivity contribution in [3.8, 4) is 0 Å². The number of halogens is 1. The van der Waals surface area contributed by atoms with Gasteiger partial charge in [-0.2, -0.15) is 0 Å². The smallest absolute Gasteiger partial charge is 0.227 e. The molecule has 0 aromatic carbocycles. The van der Waals surface area contributed by atoms with Gasteiger partial charge in [-0.1, -0.05) is 0 Å². The summed E-state index contributed by atoms with van der Waals surface area (Å²) in [7, 11) is 0. The molecule has 4 heteroatoms. The van der Waals surface area contributed by atoms with Crippen molar-refractivity contribution in [1.82, 2.24) is 5.32 Å². The molecule has 1 atom stereocenters. The number of thiophene rings is 1. The highest BCUT2D eigenvalue weighted by molar-refractivity contribution is 7.10. The molecule has 2 aliphatic rings. The van der Waals surface area contributed by atoms with Crippen LogP contribution in [0.15, 0.2) is 11.4 Å². The molecule has 19 heavy (non-hydrogen) atoms. The maximum atomic E-state index is 12.4. The van der Waals surface area contributed by atoms with Gasteiger partial charge in [-0.25, -0.2) is 0 Å². The lowest BCUT2D eigenvalue weighted by atomic mass is 9.87. The van der Waals surface area contributed by atoms with Crippen LogP contribution < -0.4 is 5.32 Å². The van der Waals surface area contributed by atoms with Crippen molar-refractivity contribution in [2.45, 2.75) is 44.4 Å². The highest BCUT2D eigenvalue weighted by Crippen LogP contribution is 2.48. The highest BCUT2D eigenvalue weighted by atomic mass is 35.5. The number of fused-ring (bicyclic) bond motifs is 1. The van der Waals surface area contributed by atoms with Crippen LogP contribution in [-0.2, 0) is 11.2 Å². The summed E-state index contributed by atoms with van der Waals surface area (Å²) in [4.78, 5) is 13.8. The zero-order valence-electron chi connectivity index (χ0n) is 11.1. The second-order valence-corrected chi connectivity index (χ2v) is 7.28. The Morgan fingerprint density at radius 2 is 2.37 bits per heavy atom. The molecule has 1 aromatic heterocycles. The van der Waals surface area contributed by atoms with Crippen LogP contribution in [0.4, 0.5) is 0 Å². The third kappa shape index (κ3) is 2.82. The number of rotatable bonds is 5. The molecule has 2 aliphatic carbocycles. The first-order chi connectivity index (χ1) is 9.24. The van der Waals surface area contributed by atoms with Crippen molar-refractivity contribution in [1.29, 1.82) is 0 Å². The quantitative estimate of drug-likeness (QED) is 0.825. The lowest BCUT2D eigenvalue weighted by Gasteiger charge is -2.23. The Kier molecular flexibility index (Phi) is 3.86. The van der Waals surface area contributed by atoms with E-state index in [2.05, 4.69) is 16.8 Å².